The molecule has 0 saturated carbocycles. The Morgan fingerprint density at radius 2 is 1.19 bits per heavy atom. The fourth-order valence-electron chi connectivity index (χ4n) is 10.6. The summed E-state index contributed by atoms with van der Waals surface area (Å²) in [6, 6.07) is 66.7. The van der Waals surface area contributed by atoms with Crippen LogP contribution in [0.5, 0.6) is 0 Å². The van der Waals surface area contributed by atoms with Crippen LogP contribution in [0.4, 0.5) is 11.4 Å². The van der Waals surface area contributed by atoms with E-state index < -0.39 is 0 Å². The summed E-state index contributed by atoms with van der Waals surface area (Å²) in [5.41, 5.74) is 16.7. The van der Waals surface area contributed by atoms with Crippen LogP contribution >= 0.6 is 0 Å². The number of hydrogen-bond donors (Lipinski definition) is 0. The number of furan rings is 1. The van der Waals surface area contributed by atoms with Crippen LogP contribution in [0.25, 0.3) is 78.4 Å². The molecule has 5 heteroatoms. The smallest absolute Gasteiger partial charge is 0.166 e. The predicted octanol–water partition coefficient (Wildman–Crippen LogP) is 15.9. The number of hydrogen-bond acceptors (Lipinski definition) is 5. The maximum Gasteiger partial charge on any atom is 0.166 e. The molecule has 67 heavy (non-hydrogen) atoms. The van der Waals surface area contributed by atoms with E-state index in [1.807, 2.05) is 24.3 Å². The summed E-state index contributed by atoms with van der Waals surface area (Å²) < 4.78 is 6.72. The zero-order chi connectivity index (χ0) is 44.8. The minimum Gasteiger partial charge on any atom is -0.455 e. The lowest BCUT2D eigenvalue weighted by Crippen LogP contribution is -2.29. The third-order valence-corrected chi connectivity index (χ3v) is 13.9. The van der Waals surface area contributed by atoms with Gasteiger partial charge < -0.3 is 9.32 Å². The first-order valence-corrected chi connectivity index (χ1v) is 23.4. The molecule has 2 aliphatic rings. The molecule has 3 atom stereocenters. The maximum absolute atomic E-state index is 6.72. The Balaban J connectivity index is 0.995. The average Bonchev–Trinajstić information content (AvgIpc) is 3.95. The number of benzene rings is 8. The van der Waals surface area contributed by atoms with Crippen molar-refractivity contribution in [2.24, 2.45) is 0 Å². The van der Waals surface area contributed by atoms with E-state index in [4.69, 9.17) is 19.4 Å². The number of anilines is 2. The standard InChI is InChI=1S/C62H48N4O/c1-3-41(42-20-7-4-8-21-42)38-45-26-13-14-27-48(45)47-36-37-52-50-28-15-17-32-55(50)66(58(52)40(47)2)56-33-18-16-29-54(56)62-64-60(44-24-11-6-12-25-44)63-61(65-62)46-34-35-51-53-31-19-30-49(43-22-9-5-10-23-43)59(53)67-57(51)39-46/h4-37,39,41,50,55H,3,38H2,1-2H3. The highest BCUT2D eigenvalue weighted by Gasteiger charge is 2.40. The Hall–Kier alpha value is -8.15. The van der Waals surface area contributed by atoms with E-state index in [0.29, 0.717) is 23.4 Å². The first kappa shape index (κ1) is 40.4. The van der Waals surface area contributed by atoms with Crippen LogP contribution in [-0.2, 0) is 6.42 Å². The molecule has 322 valence electrons. The van der Waals surface area contributed by atoms with Crippen molar-refractivity contribution in [3.8, 4) is 56.4 Å². The highest BCUT2D eigenvalue weighted by molar-refractivity contribution is 6.10. The van der Waals surface area contributed by atoms with Crippen LogP contribution in [0.1, 0.15) is 47.4 Å². The van der Waals surface area contributed by atoms with Gasteiger partial charge in [0.25, 0.3) is 0 Å². The van der Waals surface area contributed by atoms with Crippen LogP contribution in [0.2, 0.25) is 0 Å². The topological polar surface area (TPSA) is 55.1 Å². The zero-order valence-corrected chi connectivity index (χ0v) is 37.6. The molecule has 3 unspecified atom stereocenters. The molecule has 0 N–H and O–H groups in total. The lowest BCUT2D eigenvalue weighted by molar-refractivity contribution is 0.661. The minimum atomic E-state index is 0.0686. The molecule has 1 aliphatic heterocycles. The molecule has 0 saturated heterocycles. The van der Waals surface area contributed by atoms with Gasteiger partial charge in [-0.25, -0.2) is 15.0 Å². The van der Waals surface area contributed by atoms with Gasteiger partial charge in [0.2, 0.25) is 0 Å². The number of allylic oxidation sites excluding steroid dienone is 2. The molecule has 12 rings (SSSR count). The second-order valence-corrected chi connectivity index (χ2v) is 17.8. The molecule has 0 spiro atoms. The van der Waals surface area contributed by atoms with E-state index in [1.54, 1.807) is 0 Å². The van der Waals surface area contributed by atoms with E-state index in [2.05, 4.69) is 207 Å². The van der Waals surface area contributed by atoms with Gasteiger partial charge in [-0.1, -0.05) is 195 Å². The Bertz CT molecular complexity index is 3520. The van der Waals surface area contributed by atoms with E-state index in [9.17, 15) is 0 Å². The second kappa shape index (κ2) is 17.0. The zero-order valence-electron chi connectivity index (χ0n) is 37.6. The summed E-state index contributed by atoms with van der Waals surface area (Å²) >= 11 is 0. The third kappa shape index (κ3) is 7.15. The number of aromatic nitrogens is 3. The molecule has 0 fully saturated rings. The summed E-state index contributed by atoms with van der Waals surface area (Å²) in [4.78, 5) is 18.4. The molecule has 10 aromatic rings. The second-order valence-electron chi connectivity index (χ2n) is 17.8. The SMILES string of the molecule is CCC(Cc1ccccc1-c1ccc2c(c1C)N(c1ccccc1-c1nc(-c3ccccc3)nc(-c3ccc4c(c3)oc3c(-c5ccccc5)cccc34)n1)C1C=CC=CC21)c1ccccc1. The molecule has 1 aliphatic carbocycles. The maximum atomic E-state index is 6.72. The van der Waals surface area contributed by atoms with Crippen LogP contribution < -0.4 is 4.90 Å². The van der Waals surface area contributed by atoms with Gasteiger partial charge in [-0.15, -0.1) is 0 Å². The van der Waals surface area contributed by atoms with Gasteiger partial charge in [-0.2, -0.15) is 0 Å². The van der Waals surface area contributed by atoms with Gasteiger partial charge in [0.05, 0.1) is 11.7 Å². The predicted molar refractivity (Wildman–Crippen MR) is 276 cm³/mol. The lowest BCUT2D eigenvalue weighted by atomic mass is 9.84. The van der Waals surface area contributed by atoms with Crippen molar-refractivity contribution in [3.05, 3.63) is 235 Å². The van der Waals surface area contributed by atoms with Crippen LogP contribution in [0.3, 0.4) is 0 Å². The van der Waals surface area contributed by atoms with Gasteiger partial charge in [-0.3, -0.25) is 0 Å². The third-order valence-electron chi connectivity index (χ3n) is 13.9. The molecule has 3 heterocycles. The largest absolute Gasteiger partial charge is 0.455 e. The van der Waals surface area contributed by atoms with Crippen molar-refractivity contribution in [2.45, 2.75) is 44.6 Å². The summed E-state index contributed by atoms with van der Waals surface area (Å²) in [7, 11) is 0. The molecule has 2 aromatic heterocycles. The van der Waals surface area contributed by atoms with Crippen molar-refractivity contribution in [1.82, 2.24) is 15.0 Å². The Morgan fingerprint density at radius 1 is 0.537 bits per heavy atom. The van der Waals surface area contributed by atoms with Crippen molar-refractivity contribution >= 4 is 33.3 Å². The van der Waals surface area contributed by atoms with Gasteiger partial charge in [-0.05, 0) is 88.9 Å². The van der Waals surface area contributed by atoms with Gasteiger partial charge in [0, 0.05) is 44.6 Å². The molecule has 8 aromatic carbocycles. The van der Waals surface area contributed by atoms with E-state index in [-0.39, 0.29) is 12.0 Å². The molecule has 0 bridgehead atoms. The number of fused-ring (bicyclic) bond motifs is 6. The molecular formula is C62H48N4O. The Morgan fingerprint density at radius 3 is 1.99 bits per heavy atom. The van der Waals surface area contributed by atoms with E-state index in [0.717, 1.165) is 68.3 Å². The van der Waals surface area contributed by atoms with Crippen molar-refractivity contribution in [2.75, 3.05) is 4.90 Å². The van der Waals surface area contributed by atoms with Crippen LogP contribution in [0.15, 0.2) is 217 Å². The molecule has 5 nitrogen and oxygen atoms in total. The Kier molecular flexibility index (Phi) is 10.2. The fourth-order valence-corrected chi connectivity index (χ4v) is 10.6. The number of nitrogens with zero attached hydrogens (tertiary/aromatic N) is 4. The highest BCUT2D eigenvalue weighted by atomic mass is 16.3. The van der Waals surface area contributed by atoms with Gasteiger partial charge >= 0.3 is 0 Å². The summed E-state index contributed by atoms with van der Waals surface area (Å²) in [6.45, 7) is 4.61. The number of rotatable bonds is 10. The van der Waals surface area contributed by atoms with E-state index in [1.165, 1.54) is 39.1 Å². The van der Waals surface area contributed by atoms with Crippen molar-refractivity contribution in [1.29, 1.82) is 0 Å². The van der Waals surface area contributed by atoms with E-state index >= 15 is 0 Å². The molecule has 0 radical (unpaired) electrons. The normalized spacial score (nSPS) is 15.5. The van der Waals surface area contributed by atoms with Gasteiger partial charge in [0.1, 0.15) is 11.2 Å². The number of para-hydroxylation sites is 2. The summed E-state index contributed by atoms with van der Waals surface area (Å²) in [6.07, 6.45) is 11.1. The summed E-state index contributed by atoms with van der Waals surface area (Å²) in [5, 5.41) is 2.13. The first-order valence-electron chi connectivity index (χ1n) is 23.4. The quantitative estimate of drug-likeness (QED) is 0.137. The first-order chi connectivity index (χ1) is 33.1. The average molecular weight is 865 g/mol. The van der Waals surface area contributed by atoms with Crippen LogP contribution in [-0.4, -0.2) is 21.0 Å². The summed E-state index contributed by atoms with van der Waals surface area (Å²) in [5.74, 6) is 2.42. The molecule has 0 amide bonds. The van der Waals surface area contributed by atoms with Crippen molar-refractivity contribution < 1.29 is 4.42 Å². The lowest BCUT2D eigenvalue weighted by Gasteiger charge is -2.31. The molecular weight excluding hydrogens is 817 g/mol. The van der Waals surface area contributed by atoms with Crippen molar-refractivity contribution in [3.63, 3.8) is 0 Å². The monoisotopic (exact) mass is 864 g/mol. The van der Waals surface area contributed by atoms with Gasteiger partial charge in [0.15, 0.2) is 17.5 Å². The minimum absolute atomic E-state index is 0.0686. The van der Waals surface area contributed by atoms with Crippen LogP contribution in [0, 0.1) is 6.92 Å². The fraction of sp³-hybridized carbons (Fsp3) is 0.113. The highest BCUT2D eigenvalue weighted by Crippen LogP contribution is 2.53. The Labute approximate surface area is 391 Å².